The zero-order valence-electron chi connectivity index (χ0n) is 8.68. The Morgan fingerprint density at radius 2 is 2.15 bits per heavy atom. The van der Waals surface area contributed by atoms with Crippen molar-refractivity contribution in [2.45, 2.75) is 52.4 Å². The summed E-state index contributed by atoms with van der Waals surface area (Å²) in [6.45, 7) is 3.76. The Morgan fingerprint density at radius 1 is 1.46 bits per heavy atom. The molecule has 0 radical (unpaired) electrons. The third-order valence-electron chi connectivity index (χ3n) is 2.17. The van der Waals surface area contributed by atoms with Gasteiger partial charge in [0.1, 0.15) is 5.78 Å². The standard InChI is InChI=1S/C11H19NO/c1-3-4-5-6-11(7-8-12)9-10(2)13/h11H,3-7,9H2,1-2H3. The van der Waals surface area contributed by atoms with E-state index in [-0.39, 0.29) is 5.78 Å². The topological polar surface area (TPSA) is 40.9 Å². The van der Waals surface area contributed by atoms with Crippen molar-refractivity contribution in [1.82, 2.24) is 0 Å². The third-order valence-corrected chi connectivity index (χ3v) is 2.17. The van der Waals surface area contributed by atoms with Crippen molar-refractivity contribution in [3.63, 3.8) is 0 Å². The third kappa shape index (κ3) is 7.52. The van der Waals surface area contributed by atoms with E-state index < -0.39 is 0 Å². The Labute approximate surface area is 80.9 Å². The van der Waals surface area contributed by atoms with E-state index in [0.717, 1.165) is 12.8 Å². The van der Waals surface area contributed by atoms with Crippen LogP contribution in [-0.2, 0) is 4.79 Å². The minimum atomic E-state index is 0.205. The van der Waals surface area contributed by atoms with E-state index in [1.807, 2.05) is 0 Å². The molecule has 0 saturated carbocycles. The highest BCUT2D eigenvalue weighted by atomic mass is 16.1. The fourth-order valence-corrected chi connectivity index (χ4v) is 1.49. The summed E-state index contributed by atoms with van der Waals surface area (Å²) in [5, 5.41) is 8.54. The molecule has 0 amide bonds. The van der Waals surface area contributed by atoms with Crippen molar-refractivity contribution < 1.29 is 4.79 Å². The molecule has 2 nitrogen and oxygen atoms in total. The molecule has 0 aliphatic rings. The zero-order valence-corrected chi connectivity index (χ0v) is 8.68. The molecular weight excluding hydrogens is 162 g/mol. The second kappa shape index (κ2) is 7.79. The fourth-order valence-electron chi connectivity index (χ4n) is 1.49. The van der Waals surface area contributed by atoms with Gasteiger partial charge in [0.25, 0.3) is 0 Å². The number of hydrogen-bond acceptors (Lipinski definition) is 2. The lowest BCUT2D eigenvalue weighted by Gasteiger charge is -2.10. The summed E-state index contributed by atoms with van der Waals surface area (Å²) in [5.74, 6) is 0.505. The summed E-state index contributed by atoms with van der Waals surface area (Å²) in [5.41, 5.74) is 0. The monoisotopic (exact) mass is 181 g/mol. The summed E-state index contributed by atoms with van der Waals surface area (Å²) in [7, 11) is 0. The number of nitriles is 1. The van der Waals surface area contributed by atoms with Crippen LogP contribution < -0.4 is 0 Å². The average Bonchev–Trinajstić information content (AvgIpc) is 2.04. The summed E-state index contributed by atoms with van der Waals surface area (Å²) < 4.78 is 0. The highest BCUT2D eigenvalue weighted by molar-refractivity contribution is 5.75. The van der Waals surface area contributed by atoms with Gasteiger partial charge in [0.2, 0.25) is 0 Å². The Balaban J connectivity index is 3.68. The summed E-state index contributed by atoms with van der Waals surface area (Å²) >= 11 is 0. The van der Waals surface area contributed by atoms with Gasteiger partial charge in [0.05, 0.1) is 6.07 Å². The van der Waals surface area contributed by atoms with E-state index in [1.54, 1.807) is 6.92 Å². The highest BCUT2D eigenvalue weighted by Crippen LogP contribution is 2.17. The molecule has 0 N–H and O–H groups in total. The Kier molecular flexibility index (Phi) is 7.29. The van der Waals surface area contributed by atoms with Gasteiger partial charge in [-0.15, -0.1) is 0 Å². The second-order valence-corrected chi connectivity index (χ2v) is 3.63. The molecule has 1 atom stereocenters. The quantitative estimate of drug-likeness (QED) is 0.566. The number of rotatable bonds is 7. The maximum atomic E-state index is 10.9. The van der Waals surface area contributed by atoms with E-state index in [0.29, 0.717) is 18.8 Å². The molecule has 13 heavy (non-hydrogen) atoms. The van der Waals surface area contributed by atoms with Gasteiger partial charge in [-0.1, -0.05) is 26.2 Å². The molecule has 0 aromatic heterocycles. The first-order chi connectivity index (χ1) is 6.20. The first-order valence-electron chi connectivity index (χ1n) is 5.07. The van der Waals surface area contributed by atoms with Gasteiger partial charge in [0.15, 0.2) is 0 Å². The lowest BCUT2D eigenvalue weighted by molar-refractivity contribution is -0.117. The van der Waals surface area contributed by atoms with Crippen LogP contribution in [0.1, 0.15) is 52.4 Å². The predicted octanol–water partition coefficient (Wildman–Crippen LogP) is 3.08. The molecule has 0 heterocycles. The lowest BCUT2D eigenvalue weighted by Crippen LogP contribution is -2.05. The number of hydrogen-bond donors (Lipinski definition) is 0. The molecule has 0 aromatic rings. The van der Waals surface area contributed by atoms with Crippen LogP contribution in [0.15, 0.2) is 0 Å². The highest BCUT2D eigenvalue weighted by Gasteiger charge is 2.10. The van der Waals surface area contributed by atoms with E-state index in [1.165, 1.54) is 12.8 Å². The number of unbranched alkanes of at least 4 members (excludes halogenated alkanes) is 2. The van der Waals surface area contributed by atoms with Gasteiger partial charge in [-0.25, -0.2) is 0 Å². The summed E-state index contributed by atoms with van der Waals surface area (Å²) in [6.07, 6.45) is 5.69. The van der Waals surface area contributed by atoms with E-state index in [2.05, 4.69) is 13.0 Å². The van der Waals surface area contributed by atoms with E-state index in [4.69, 9.17) is 5.26 Å². The van der Waals surface area contributed by atoms with Crippen LogP contribution in [-0.4, -0.2) is 5.78 Å². The van der Waals surface area contributed by atoms with Crippen LogP contribution in [0.25, 0.3) is 0 Å². The van der Waals surface area contributed by atoms with Crippen LogP contribution in [0.3, 0.4) is 0 Å². The molecule has 74 valence electrons. The van der Waals surface area contributed by atoms with Crippen molar-refractivity contribution in [3.05, 3.63) is 0 Å². The first kappa shape index (κ1) is 12.2. The Bertz CT molecular complexity index is 181. The van der Waals surface area contributed by atoms with Crippen molar-refractivity contribution in [1.29, 1.82) is 5.26 Å². The fraction of sp³-hybridized carbons (Fsp3) is 0.818. The summed E-state index contributed by atoms with van der Waals surface area (Å²) in [6, 6.07) is 2.15. The molecular formula is C11H19NO. The number of nitrogens with zero attached hydrogens (tertiary/aromatic N) is 1. The molecule has 0 spiro atoms. The van der Waals surface area contributed by atoms with Crippen LogP contribution >= 0.6 is 0 Å². The normalized spacial score (nSPS) is 12.1. The molecule has 0 aliphatic heterocycles. The molecule has 0 saturated heterocycles. The Hall–Kier alpha value is -0.840. The molecule has 0 fully saturated rings. The van der Waals surface area contributed by atoms with Gasteiger partial charge in [0, 0.05) is 12.8 Å². The van der Waals surface area contributed by atoms with Gasteiger partial charge in [-0.3, -0.25) is 0 Å². The molecule has 0 aliphatic carbocycles. The Morgan fingerprint density at radius 3 is 2.62 bits per heavy atom. The molecule has 0 aromatic carbocycles. The predicted molar refractivity (Wildman–Crippen MR) is 53.2 cm³/mol. The van der Waals surface area contributed by atoms with Crippen LogP contribution in [0.5, 0.6) is 0 Å². The minimum absolute atomic E-state index is 0.205. The van der Waals surface area contributed by atoms with Gasteiger partial charge in [-0.2, -0.15) is 5.26 Å². The number of carbonyl (C=O) groups is 1. The van der Waals surface area contributed by atoms with Crippen LogP contribution in [0, 0.1) is 17.2 Å². The number of Topliss-reactive ketones (excluding diaryl/α,β-unsaturated/α-hetero) is 1. The SMILES string of the molecule is CCCCCC(CC#N)CC(C)=O. The smallest absolute Gasteiger partial charge is 0.130 e. The maximum Gasteiger partial charge on any atom is 0.130 e. The van der Waals surface area contributed by atoms with Gasteiger partial charge in [-0.05, 0) is 19.3 Å². The number of ketones is 1. The second-order valence-electron chi connectivity index (χ2n) is 3.63. The molecule has 2 heteroatoms. The average molecular weight is 181 g/mol. The minimum Gasteiger partial charge on any atom is -0.300 e. The maximum absolute atomic E-state index is 10.9. The first-order valence-corrected chi connectivity index (χ1v) is 5.07. The molecule has 0 rings (SSSR count). The summed E-state index contributed by atoms with van der Waals surface area (Å²) in [4.78, 5) is 10.9. The van der Waals surface area contributed by atoms with Crippen LogP contribution in [0.2, 0.25) is 0 Å². The zero-order chi connectivity index (χ0) is 10.1. The van der Waals surface area contributed by atoms with Crippen molar-refractivity contribution in [2.24, 2.45) is 5.92 Å². The number of carbonyl (C=O) groups excluding carboxylic acids is 1. The molecule has 1 unspecified atom stereocenters. The van der Waals surface area contributed by atoms with Gasteiger partial charge < -0.3 is 4.79 Å². The van der Waals surface area contributed by atoms with E-state index in [9.17, 15) is 4.79 Å². The lowest BCUT2D eigenvalue weighted by atomic mass is 9.93. The molecule has 0 bridgehead atoms. The largest absolute Gasteiger partial charge is 0.300 e. The van der Waals surface area contributed by atoms with Crippen molar-refractivity contribution in [3.8, 4) is 6.07 Å². The van der Waals surface area contributed by atoms with Crippen LogP contribution in [0.4, 0.5) is 0 Å². The van der Waals surface area contributed by atoms with Crippen molar-refractivity contribution >= 4 is 5.78 Å². The van der Waals surface area contributed by atoms with Crippen molar-refractivity contribution in [2.75, 3.05) is 0 Å². The van der Waals surface area contributed by atoms with Gasteiger partial charge >= 0.3 is 0 Å². The van der Waals surface area contributed by atoms with E-state index >= 15 is 0 Å².